The minimum atomic E-state index is -0.744. The van der Waals surface area contributed by atoms with Gasteiger partial charge in [0.15, 0.2) is 0 Å². The molecule has 1 rings (SSSR count). The van der Waals surface area contributed by atoms with Gasteiger partial charge in [-0.05, 0) is 0 Å². The SMILES string of the molecule is O=C1CCNC(=O)N1O. The number of amides is 3. The standard InChI is InChI=1S/C4H6N2O3/c7-3-1-2-5-4(8)6(3)9/h9H,1-2H2,(H,5,8). The highest BCUT2D eigenvalue weighted by Gasteiger charge is 2.23. The van der Waals surface area contributed by atoms with Crippen molar-refractivity contribution >= 4 is 11.9 Å². The molecule has 3 amide bonds. The Morgan fingerprint density at radius 2 is 2.22 bits per heavy atom. The summed E-state index contributed by atoms with van der Waals surface area (Å²) in [6, 6.07) is -0.744. The molecule has 0 atom stereocenters. The fourth-order valence-electron chi connectivity index (χ4n) is 0.570. The van der Waals surface area contributed by atoms with E-state index in [1.165, 1.54) is 0 Å². The Morgan fingerprint density at radius 1 is 1.56 bits per heavy atom. The second-order valence-electron chi connectivity index (χ2n) is 1.69. The first kappa shape index (κ1) is 6.03. The lowest BCUT2D eigenvalue weighted by atomic mass is 10.3. The Kier molecular flexibility index (Phi) is 1.35. The van der Waals surface area contributed by atoms with Crippen LogP contribution in [0.15, 0.2) is 0 Å². The average Bonchev–Trinajstić information content (AvgIpc) is 1.83. The summed E-state index contributed by atoms with van der Waals surface area (Å²) in [6.45, 7) is 0.314. The number of rotatable bonds is 0. The molecule has 0 saturated carbocycles. The van der Waals surface area contributed by atoms with Crippen LogP contribution in [0.25, 0.3) is 0 Å². The summed E-state index contributed by atoms with van der Waals surface area (Å²) in [6.07, 6.45) is 0.169. The van der Waals surface area contributed by atoms with Crippen LogP contribution >= 0.6 is 0 Å². The lowest BCUT2D eigenvalue weighted by Gasteiger charge is -2.18. The fourth-order valence-corrected chi connectivity index (χ4v) is 0.570. The summed E-state index contributed by atoms with van der Waals surface area (Å²) in [5.74, 6) is -0.557. The second-order valence-corrected chi connectivity index (χ2v) is 1.69. The molecule has 0 aromatic heterocycles. The molecule has 50 valence electrons. The largest absolute Gasteiger partial charge is 0.348 e. The Bertz CT molecular complexity index is 140. The van der Waals surface area contributed by atoms with Gasteiger partial charge in [0.1, 0.15) is 0 Å². The van der Waals surface area contributed by atoms with Crippen molar-refractivity contribution in [3.05, 3.63) is 0 Å². The van der Waals surface area contributed by atoms with E-state index < -0.39 is 11.9 Å². The Morgan fingerprint density at radius 3 is 2.67 bits per heavy atom. The normalized spacial score (nSPS) is 19.9. The van der Waals surface area contributed by atoms with Crippen LogP contribution in [-0.4, -0.2) is 28.8 Å². The van der Waals surface area contributed by atoms with E-state index >= 15 is 0 Å². The topological polar surface area (TPSA) is 69.6 Å². The van der Waals surface area contributed by atoms with Gasteiger partial charge in [0.05, 0.1) is 0 Å². The predicted molar refractivity (Wildman–Crippen MR) is 26.6 cm³/mol. The van der Waals surface area contributed by atoms with E-state index in [9.17, 15) is 9.59 Å². The highest BCUT2D eigenvalue weighted by molar-refractivity contribution is 5.95. The molecule has 0 radical (unpaired) electrons. The number of imide groups is 1. The van der Waals surface area contributed by atoms with E-state index in [1.807, 2.05) is 0 Å². The van der Waals surface area contributed by atoms with Crippen LogP contribution in [0.5, 0.6) is 0 Å². The zero-order valence-electron chi connectivity index (χ0n) is 4.63. The molecular weight excluding hydrogens is 124 g/mol. The molecule has 1 saturated heterocycles. The minimum Gasteiger partial charge on any atom is -0.335 e. The molecule has 1 fully saturated rings. The van der Waals surface area contributed by atoms with Gasteiger partial charge in [-0.25, -0.2) is 4.79 Å². The third-order valence-corrected chi connectivity index (χ3v) is 1.04. The molecule has 0 aliphatic carbocycles. The van der Waals surface area contributed by atoms with Gasteiger partial charge < -0.3 is 5.32 Å². The van der Waals surface area contributed by atoms with Crippen LogP contribution in [0.4, 0.5) is 4.79 Å². The van der Waals surface area contributed by atoms with E-state index in [2.05, 4.69) is 5.32 Å². The first-order chi connectivity index (χ1) is 4.22. The molecule has 0 aromatic rings. The first-order valence-electron chi connectivity index (χ1n) is 2.51. The Balaban J connectivity index is 2.62. The monoisotopic (exact) mass is 130 g/mol. The first-order valence-corrected chi connectivity index (χ1v) is 2.51. The van der Waals surface area contributed by atoms with Crippen LogP contribution in [-0.2, 0) is 4.79 Å². The zero-order chi connectivity index (χ0) is 6.85. The molecule has 1 aliphatic rings. The third kappa shape index (κ3) is 0.996. The third-order valence-electron chi connectivity index (χ3n) is 1.04. The Labute approximate surface area is 51.2 Å². The van der Waals surface area contributed by atoms with Gasteiger partial charge in [0.2, 0.25) is 0 Å². The summed E-state index contributed by atoms with van der Waals surface area (Å²) >= 11 is 0. The number of carbonyl (C=O) groups excluding carboxylic acids is 2. The van der Waals surface area contributed by atoms with Gasteiger partial charge in [0.25, 0.3) is 5.91 Å². The molecule has 0 spiro atoms. The van der Waals surface area contributed by atoms with Crippen LogP contribution < -0.4 is 5.32 Å². The maximum Gasteiger partial charge on any atom is 0.348 e. The second kappa shape index (κ2) is 2.02. The van der Waals surface area contributed by atoms with E-state index in [0.717, 1.165) is 0 Å². The summed E-state index contributed by atoms with van der Waals surface area (Å²) in [5, 5.41) is 10.9. The van der Waals surface area contributed by atoms with Crippen LogP contribution in [0.1, 0.15) is 6.42 Å². The summed E-state index contributed by atoms with van der Waals surface area (Å²) in [5.41, 5.74) is 0. The smallest absolute Gasteiger partial charge is 0.335 e. The number of hydrogen-bond donors (Lipinski definition) is 2. The van der Waals surface area contributed by atoms with Crippen molar-refractivity contribution < 1.29 is 14.8 Å². The molecule has 1 heterocycles. The summed E-state index contributed by atoms with van der Waals surface area (Å²) in [4.78, 5) is 20.8. The zero-order valence-corrected chi connectivity index (χ0v) is 4.63. The molecule has 9 heavy (non-hydrogen) atoms. The van der Waals surface area contributed by atoms with Crippen molar-refractivity contribution in [1.82, 2.24) is 10.4 Å². The number of nitrogens with one attached hydrogen (secondary N) is 1. The molecule has 0 aromatic carbocycles. The molecule has 2 N–H and O–H groups in total. The van der Waals surface area contributed by atoms with Crippen LogP contribution in [0, 0.1) is 0 Å². The average molecular weight is 130 g/mol. The number of urea groups is 1. The van der Waals surface area contributed by atoms with Gasteiger partial charge in [-0.1, -0.05) is 0 Å². The molecule has 1 aliphatic heterocycles. The van der Waals surface area contributed by atoms with E-state index in [4.69, 9.17) is 5.21 Å². The molecule has 5 nitrogen and oxygen atoms in total. The van der Waals surface area contributed by atoms with Crippen molar-refractivity contribution in [3.63, 3.8) is 0 Å². The predicted octanol–water partition coefficient (Wildman–Crippen LogP) is -0.683. The highest BCUT2D eigenvalue weighted by atomic mass is 16.5. The number of hydroxylamine groups is 2. The number of hydrogen-bond acceptors (Lipinski definition) is 3. The Hall–Kier alpha value is -1.10. The van der Waals surface area contributed by atoms with Crippen molar-refractivity contribution in [2.24, 2.45) is 0 Å². The van der Waals surface area contributed by atoms with Crippen molar-refractivity contribution in [1.29, 1.82) is 0 Å². The fraction of sp³-hybridized carbons (Fsp3) is 0.500. The summed E-state index contributed by atoms with van der Waals surface area (Å²) < 4.78 is 0. The molecule has 0 unspecified atom stereocenters. The van der Waals surface area contributed by atoms with Gasteiger partial charge in [-0.2, -0.15) is 0 Å². The van der Waals surface area contributed by atoms with E-state index in [0.29, 0.717) is 6.54 Å². The van der Waals surface area contributed by atoms with Gasteiger partial charge in [0, 0.05) is 13.0 Å². The van der Waals surface area contributed by atoms with Gasteiger partial charge in [-0.3, -0.25) is 10.0 Å². The van der Waals surface area contributed by atoms with Crippen molar-refractivity contribution in [3.8, 4) is 0 Å². The van der Waals surface area contributed by atoms with Gasteiger partial charge >= 0.3 is 6.03 Å². The van der Waals surface area contributed by atoms with Gasteiger partial charge in [-0.15, -0.1) is 5.06 Å². The summed E-state index contributed by atoms with van der Waals surface area (Å²) in [7, 11) is 0. The maximum absolute atomic E-state index is 10.4. The van der Waals surface area contributed by atoms with E-state index in [1.54, 1.807) is 0 Å². The number of carbonyl (C=O) groups is 2. The minimum absolute atomic E-state index is 0.0868. The van der Waals surface area contributed by atoms with Crippen molar-refractivity contribution in [2.45, 2.75) is 6.42 Å². The quantitative estimate of drug-likeness (QED) is 0.427. The maximum atomic E-state index is 10.4. The van der Waals surface area contributed by atoms with Crippen LogP contribution in [0.3, 0.4) is 0 Å². The molecule has 5 heteroatoms. The van der Waals surface area contributed by atoms with E-state index in [-0.39, 0.29) is 11.5 Å². The highest BCUT2D eigenvalue weighted by Crippen LogP contribution is 1.95. The molecule has 0 bridgehead atoms. The lowest BCUT2D eigenvalue weighted by molar-refractivity contribution is -0.154. The molecular formula is C4H6N2O3. The van der Waals surface area contributed by atoms with Crippen LogP contribution in [0.2, 0.25) is 0 Å². The lowest BCUT2D eigenvalue weighted by Crippen LogP contribution is -2.47. The number of nitrogens with zero attached hydrogens (tertiary/aromatic N) is 1. The van der Waals surface area contributed by atoms with Crippen molar-refractivity contribution in [2.75, 3.05) is 6.54 Å².